The van der Waals surface area contributed by atoms with Gasteiger partial charge in [0.05, 0.1) is 10.8 Å². The number of fused-ring (bicyclic) bond motifs is 1. The molecule has 0 aromatic carbocycles. The van der Waals surface area contributed by atoms with Crippen molar-refractivity contribution in [3.05, 3.63) is 11.8 Å². The lowest BCUT2D eigenvalue weighted by Crippen LogP contribution is -2.57. The molecule has 4 rings (SSSR count). The van der Waals surface area contributed by atoms with Gasteiger partial charge in [-0.2, -0.15) is 0 Å². The lowest BCUT2D eigenvalue weighted by molar-refractivity contribution is -0.131. The van der Waals surface area contributed by atoms with Crippen LogP contribution < -0.4 is 4.90 Å². The summed E-state index contributed by atoms with van der Waals surface area (Å²) in [4.78, 5) is 38.4. The van der Waals surface area contributed by atoms with Crippen LogP contribution in [0.1, 0.15) is 58.4 Å². The molecule has 1 unspecified atom stereocenters. The number of hydrogen-bond acceptors (Lipinski definition) is 7. The molecule has 2 aliphatic heterocycles. The lowest BCUT2D eigenvalue weighted by Gasteiger charge is -2.39. The van der Waals surface area contributed by atoms with E-state index < -0.39 is 28.0 Å². The van der Waals surface area contributed by atoms with Gasteiger partial charge in [0.15, 0.2) is 0 Å². The Bertz CT molecular complexity index is 878. The molecule has 1 aliphatic carbocycles. The number of rotatable bonds is 2. The highest BCUT2D eigenvalue weighted by atomic mass is 32.2. The summed E-state index contributed by atoms with van der Waals surface area (Å²) in [6.45, 7) is 5.70. The van der Waals surface area contributed by atoms with Crippen molar-refractivity contribution >= 4 is 28.6 Å². The number of carbonyl (C=O) groups excluding carboxylic acids is 2. The van der Waals surface area contributed by atoms with Crippen molar-refractivity contribution in [2.45, 2.75) is 81.6 Å². The van der Waals surface area contributed by atoms with E-state index in [1.54, 1.807) is 33.2 Å². The van der Waals surface area contributed by atoms with Gasteiger partial charge in [-0.15, -0.1) is 0 Å². The second kappa shape index (κ2) is 7.04. The number of ether oxygens (including phenoxy) is 1. The quantitative estimate of drug-likeness (QED) is 0.679. The van der Waals surface area contributed by atoms with Gasteiger partial charge in [-0.05, 0) is 40.0 Å². The fourth-order valence-electron chi connectivity index (χ4n) is 4.78. The SMILES string of the molecule is CS(=O)c1ncc2c(n1)N(C1CCCC1)[C@@]1(CCN(C(=O)OC(C)(C)C)C1=O)C2. The van der Waals surface area contributed by atoms with Crippen LogP contribution >= 0.6 is 0 Å². The van der Waals surface area contributed by atoms with Crippen LogP contribution in [0.2, 0.25) is 0 Å². The average molecular weight is 421 g/mol. The third-order valence-corrected chi connectivity index (χ3v) is 6.66. The first kappa shape index (κ1) is 20.3. The summed E-state index contributed by atoms with van der Waals surface area (Å²) in [7, 11) is -1.30. The maximum atomic E-state index is 13.6. The van der Waals surface area contributed by atoms with Gasteiger partial charge in [-0.25, -0.2) is 19.7 Å². The normalized spacial score (nSPS) is 25.7. The molecule has 0 N–H and O–H groups in total. The molecule has 1 aromatic heterocycles. The van der Waals surface area contributed by atoms with Crippen molar-refractivity contribution in [1.29, 1.82) is 0 Å². The Hall–Kier alpha value is -2.03. The van der Waals surface area contributed by atoms with Crippen LogP contribution in [0.15, 0.2) is 11.4 Å². The van der Waals surface area contributed by atoms with E-state index >= 15 is 0 Å². The minimum atomic E-state index is -1.30. The first-order valence-corrected chi connectivity index (χ1v) is 11.7. The highest BCUT2D eigenvalue weighted by molar-refractivity contribution is 7.84. The third-order valence-electron chi connectivity index (χ3n) is 5.94. The van der Waals surface area contributed by atoms with E-state index in [4.69, 9.17) is 4.74 Å². The monoisotopic (exact) mass is 420 g/mol. The number of anilines is 1. The molecule has 8 nitrogen and oxygen atoms in total. The lowest BCUT2D eigenvalue weighted by atomic mass is 9.91. The highest BCUT2D eigenvalue weighted by Gasteiger charge is 2.59. The zero-order valence-corrected chi connectivity index (χ0v) is 18.3. The van der Waals surface area contributed by atoms with Crippen LogP contribution in [0.5, 0.6) is 0 Å². The fraction of sp³-hybridized carbons (Fsp3) is 0.700. The highest BCUT2D eigenvalue weighted by Crippen LogP contribution is 2.47. The van der Waals surface area contributed by atoms with Gasteiger partial charge in [0.2, 0.25) is 5.16 Å². The number of imide groups is 1. The van der Waals surface area contributed by atoms with Crippen molar-refractivity contribution in [3.8, 4) is 0 Å². The number of hydrogen-bond donors (Lipinski definition) is 0. The van der Waals surface area contributed by atoms with E-state index in [1.807, 2.05) is 0 Å². The summed E-state index contributed by atoms with van der Waals surface area (Å²) in [5.41, 5.74) is -0.621. The second-order valence-electron chi connectivity index (χ2n) is 9.16. The van der Waals surface area contributed by atoms with Gasteiger partial charge in [0, 0.05) is 37.0 Å². The Labute approximate surface area is 173 Å². The number of likely N-dealkylation sites (tertiary alicyclic amines) is 1. The van der Waals surface area contributed by atoms with E-state index in [0.717, 1.165) is 31.2 Å². The number of amides is 2. The summed E-state index contributed by atoms with van der Waals surface area (Å²) in [6, 6.07) is 0.187. The molecular formula is C20H28N4O4S. The molecule has 3 aliphatic rings. The summed E-state index contributed by atoms with van der Waals surface area (Å²) in [5.74, 6) is 0.479. The Morgan fingerprint density at radius 3 is 2.62 bits per heavy atom. The Balaban J connectivity index is 1.71. The van der Waals surface area contributed by atoms with Crippen molar-refractivity contribution in [3.63, 3.8) is 0 Å². The fourth-order valence-corrected chi connectivity index (χ4v) is 5.19. The maximum Gasteiger partial charge on any atom is 0.417 e. The second-order valence-corrected chi connectivity index (χ2v) is 10.4. The minimum Gasteiger partial charge on any atom is -0.443 e. The number of aromatic nitrogens is 2. The first-order valence-electron chi connectivity index (χ1n) is 10.2. The molecule has 158 valence electrons. The number of carbonyl (C=O) groups is 2. The number of nitrogens with zero attached hydrogens (tertiary/aromatic N) is 4. The molecule has 1 spiro atoms. The smallest absolute Gasteiger partial charge is 0.417 e. The molecule has 1 saturated heterocycles. The van der Waals surface area contributed by atoms with E-state index in [2.05, 4.69) is 14.9 Å². The van der Waals surface area contributed by atoms with Crippen molar-refractivity contribution in [1.82, 2.24) is 14.9 Å². The van der Waals surface area contributed by atoms with Crippen LogP contribution in [-0.4, -0.2) is 61.1 Å². The summed E-state index contributed by atoms with van der Waals surface area (Å²) >= 11 is 0. The summed E-state index contributed by atoms with van der Waals surface area (Å²) in [6.07, 6.45) is 7.82. The molecule has 2 fully saturated rings. The zero-order valence-electron chi connectivity index (χ0n) is 17.4. The standard InChI is InChI=1S/C20H28N4O4S/c1-19(2,3)28-18(26)23-10-9-20(16(23)25)11-13-12-21-17(29(4)27)22-15(13)24(20)14-7-5-6-8-14/h12,14H,5-11H2,1-4H3/t20-,29?/m0/s1. The van der Waals surface area contributed by atoms with Crippen molar-refractivity contribution < 1.29 is 18.5 Å². The van der Waals surface area contributed by atoms with Crippen LogP contribution in [0.4, 0.5) is 10.6 Å². The Morgan fingerprint density at radius 2 is 2.00 bits per heavy atom. The first-order chi connectivity index (χ1) is 13.6. The van der Waals surface area contributed by atoms with Crippen LogP contribution in [0.25, 0.3) is 0 Å². The topological polar surface area (TPSA) is 92.7 Å². The van der Waals surface area contributed by atoms with Gasteiger partial charge in [-0.3, -0.25) is 9.00 Å². The van der Waals surface area contributed by atoms with Crippen LogP contribution in [-0.2, 0) is 26.8 Å². The molecule has 29 heavy (non-hydrogen) atoms. The van der Waals surface area contributed by atoms with E-state index in [-0.39, 0.29) is 17.1 Å². The molecule has 2 amide bonds. The predicted molar refractivity (Wildman–Crippen MR) is 108 cm³/mol. The maximum absolute atomic E-state index is 13.6. The van der Waals surface area contributed by atoms with Crippen molar-refractivity contribution in [2.75, 3.05) is 17.7 Å². The minimum absolute atomic E-state index is 0.187. The summed E-state index contributed by atoms with van der Waals surface area (Å²) in [5, 5.41) is 0.276. The molecule has 1 saturated carbocycles. The third kappa shape index (κ3) is 3.43. The molecule has 3 heterocycles. The van der Waals surface area contributed by atoms with Gasteiger partial charge < -0.3 is 9.64 Å². The van der Waals surface area contributed by atoms with Gasteiger partial charge in [0.1, 0.15) is 17.0 Å². The van der Waals surface area contributed by atoms with E-state index in [0.29, 0.717) is 25.2 Å². The van der Waals surface area contributed by atoms with E-state index in [1.165, 1.54) is 4.90 Å². The van der Waals surface area contributed by atoms with E-state index in [9.17, 15) is 13.8 Å². The average Bonchev–Trinajstić information content (AvgIpc) is 3.31. The molecule has 0 radical (unpaired) electrons. The largest absolute Gasteiger partial charge is 0.443 e. The van der Waals surface area contributed by atoms with Gasteiger partial charge in [-0.1, -0.05) is 12.8 Å². The van der Waals surface area contributed by atoms with Crippen LogP contribution in [0, 0.1) is 0 Å². The van der Waals surface area contributed by atoms with Crippen molar-refractivity contribution in [2.24, 2.45) is 0 Å². The molecule has 1 aromatic rings. The Morgan fingerprint density at radius 1 is 1.31 bits per heavy atom. The predicted octanol–water partition coefficient (Wildman–Crippen LogP) is 2.43. The molecular weight excluding hydrogens is 392 g/mol. The van der Waals surface area contributed by atoms with Crippen LogP contribution in [0.3, 0.4) is 0 Å². The molecule has 0 bridgehead atoms. The Kier molecular flexibility index (Phi) is 4.91. The van der Waals surface area contributed by atoms with Gasteiger partial charge in [0.25, 0.3) is 5.91 Å². The molecule has 9 heteroatoms. The van der Waals surface area contributed by atoms with Gasteiger partial charge >= 0.3 is 6.09 Å². The summed E-state index contributed by atoms with van der Waals surface area (Å²) < 4.78 is 17.4. The zero-order chi connectivity index (χ0) is 21.0. The molecule has 2 atom stereocenters.